The van der Waals surface area contributed by atoms with Crippen LogP contribution in [-0.2, 0) is 30.1 Å². The molecule has 0 fully saturated rings. The van der Waals surface area contributed by atoms with Crippen molar-refractivity contribution in [1.82, 2.24) is 0 Å². The van der Waals surface area contributed by atoms with Crippen LogP contribution in [0.1, 0.15) is 224 Å². The van der Waals surface area contributed by atoms with Crippen molar-refractivity contribution in [2.75, 3.05) is 0 Å². The predicted octanol–water partition coefficient (Wildman–Crippen LogP) is 28.8. The van der Waals surface area contributed by atoms with E-state index in [2.05, 4.69) is 398 Å². The van der Waals surface area contributed by atoms with Gasteiger partial charge in [0.1, 0.15) is 0 Å². The second kappa shape index (κ2) is 40.5. The van der Waals surface area contributed by atoms with E-state index in [4.69, 9.17) is 0 Å². The van der Waals surface area contributed by atoms with Gasteiger partial charge in [0.25, 0.3) is 0 Å². The van der Waals surface area contributed by atoms with Gasteiger partial charge in [-0.05, 0) is 135 Å². The van der Waals surface area contributed by atoms with Crippen molar-refractivity contribution in [2.45, 2.75) is 210 Å². The van der Waals surface area contributed by atoms with Crippen molar-refractivity contribution >= 4 is 61.8 Å². The average Bonchev–Trinajstić information content (AvgIpc) is 1.79. The lowest BCUT2D eigenvalue weighted by Gasteiger charge is -2.18. The molecule has 0 saturated heterocycles. The number of allylic oxidation sites excluding steroid dienone is 3. The predicted molar refractivity (Wildman–Crippen MR) is 417 cm³/mol. The molecule has 0 saturated carbocycles. The van der Waals surface area contributed by atoms with Crippen LogP contribution in [0.15, 0.2) is 223 Å². The van der Waals surface area contributed by atoms with Gasteiger partial charge >= 0.3 is 0 Å². The Morgan fingerprint density at radius 2 is 0.533 bits per heavy atom. The highest BCUT2D eigenvalue weighted by molar-refractivity contribution is 7.19. The van der Waals surface area contributed by atoms with E-state index in [1.165, 1.54) is 64.7 Å². The average molecular weight is 1250 g/mol. The molecule has 3 aliphatic carbocycles. The van der Waals surface area contributed by atoms with Crippen LogP contribution >= 0.6 is 22.7 Å². The molecule has 0 bridgehead atoms. The highest BCUT2D eigenvalue weighted by Crippen LogP contribution is 2.34. The van der Waals surface area contributed by atoms with Gasteiger partial charge in [-0.15, -0.1) is 11.3 Å². The van der Waals surface area contributed by atoms with Crippen LogP contribution < -0.4 is 0 Å². The molecule has 0 atom stereocenters. The van der Waals surface area contributed by atoms with Crippen molar-refractivity contribution in [3.63, 3.8) is 0 Å². The van der Waals surface area contributed by atoms with E-state index >= 15 is 0 Å². The minimum Gasteiger partial charge on any atom is -0.152 e. The van der Waals surface area contributed by atoms with Crippen LogP contribution in [0.2, 0.25) is 0 Å². The first-order chi connectivity index (χ1) is 41.5. The fraction of sp³-hybridized carbons (Fsp3) is 0.409. The van der Waals surface area contributed by atoms with Crippen LogP contribution in [0.25, 0.3) is 39.1 Å². The Kier molecular flexibility index (Phi) is 36.8. The first-order valence-corrected chi connectivity index (χ1v) is 34.5. The van der Waals surface area contributed by atoms with Crippen molar-refractivity contribution in [3.05, 3.63) is 267 Å². The maximum atomic E-state index is 2.31. The van der Waals surface area contributed by atoms with Gasteiger partial charge < -0.3 is 0 Å². The third kappa shape index (κ3) is 46.7. The number of fused-ring (bicyclic) bond motifs is 5. The van der Waals surface area contributed by atoms with Crippen molar-refractivity contribution in [3.8, 4) is 0 Å². The summed E-state index contributed by atoms with van der Waals surface area (Å²) in [6.07, 6.45) is 16.5. The molecule has 0 N–H and O–H groups in total. The Morgan fingerprint density at radius 3 is 0.778 bits per heavy atom. The smallest absolute Gasteiger partial charge is 0.0345 e. The lowest BCUT2D eigenvalue weighted by Crippen LogP contribution is -2.10. The monoisotopic (exact) mass is 1240 g/mol. The van der Waals surface area contributed by atoms with Gasteiger partial charge in [-0.25, -0.2) is 0 Å². The zero-order chi connectivity index (χ0) is 68.2. The SMILES string of the molecule is C1=Cc2ccccc2C1.C1=Cc2ccccc2C1.C1=Cc2ccccc2C1.CC(C)(C)C.CC(C)(C)C.CC(C)(C)C.CC(C)(C)C.CC(C)(C)C.CC(C)(C)c1cc2ccccc2s1.CC(C)(C)c1ccccc1.c1ccc2ccccc2c1.c1ccsc1. The molecule has 0 aliphatic heterocycles. The Morgan fingerprint density at radius 1 is 0.267 bits per heavy atom. The normalized spacial score (nSPS) is 12.1. The lowest BCUT2D eigenvalue weighted by atomic mass is 9.87. The molecule has 9 aromatic rings. The Balaban J connectivity index is 0.000000499. The molecule has 0 spiro atoms. The third-order valence-electron chi connectivity index (χ3n) is 11.0. The first-order valence-electron chi connectivity index (χ1n) is 32.7. The number of hydrogen-bond acceptors (Lipinski definition) is 2. The van der Waals surface area contributed by atoms with Gasteiger partial charge in [0.15, 0.2) is 0 Å². The molecule has 0 radical (unpaired) electrons. The molecular weight excluding hydrogens is 1120 g/mol. The largest absolute Gasteiger partial charge is 0.152 e. The quantitative estimate of drug-likeness (QED) is 0.142. The second-order valence-electron chi connectivity index (χ2n) is 33.1. The molecule has 7 aromatic carbocycles. The molecule has 90 heavy (non-hydrogen) atoms. The highest BCUT2D eigenvalue weighted by atomic mass is 32.1. The summed E-state index contributed by atoms with van der Waals surface area (Å²) < 4.78 is 1.40. The molecule has 488 valence electrons. The molecule has 3 aliphatic rings. The molecular formula is C88H124S2. The number of thiophene rings is 2. The van der Waals surface area contributed by atoms with E-state index in [9.17, 15) is 0 Å². The number of hydrogen-bond donors (Lipinski definition) is 0. The fourth-order valence-electron chi connectivity index (χ4n) is 7.24. The van der Waals surface area contributed by atoms with Crippen LogP contribution in [-0.4, -0.2) is 0 Å². The van der Waals surface area contributed by atoms with Gasteiger partial charge in [0, 0.05) is 9.58 Å². The third-order valence-corrected chi connectivity index (χ3v) is 13.1. The summed E-state index contributed by atoms with van der Waals surface area (Å²) in [5, 5.41) is 8.08. The summed E-state index contributed by atoms with van der Waals surface area (Å²) in [6.45, 7) is 57.2. The summed E-state index contributed by atoms with van der Waals surface area (Å²) in [4.78, 5) is 1.47. The molecule has 2 aromatic heterocycles. The topological polar surface area (TPSA) is 0 Å². The Hall–Kier alpha value is -6.32. The van der Waals surface area contributed by atoms with Gasteiger partial charge in [0.05, 0.1) is 0 Å². The minimum atomic E-state index is 0.281. The molecule has 0 amide bonds. The van der Waals surface area contributed by atoms with E-state index in [1.54, 1.807) is 11.3 Å². The van der Waals surface area contributed by atoms with Crippen molar-refractivity contribution in [1.29, 1.82) is 0 Å². The van der Waals surface area contributed by atoms with Crippen molar-refractivity contribution in [2.24, 2.45) is 27.1 Å². The van der Waals surface area contributed by atoms with Crippen molar-refractivity contribution < 1.29 is 0 Å². The van der Waals surface area contributed by atoms with E-state index in [0.29, 0.717) is 32.5 Å². The maximum absolute atomic E-state index is 2.31. The van der Waals surface area contributed by atoms with Crippen LogP contribution in [0.4, 0.5) is 0 Å². The van der Waals surface area contributed by atoms with Crippen LogP contribution in [0, 0.1) is 27.1 Å². The van der Waals surface area contributed by atoms with Gasteiger partial charge in [-0.2, -0.15) is 11.3 Å². The van der Waals surface area contributed by atoms with E-state index in [-0.39, 0.29) is 5.41 Å². The Bertz CT molecular complexity index is 3010. The highest BCUT2D eigenvalue weighted by Gasteiger charge is 2.16. The molecule has 2 heterocycles. The number of benzene rings is 7. The van der Waals surface area contributed by atoms with E-state index in [1.807, 2.05) is 34.2 Å². The fourth-order valence-corrected chi connectivity index (χ4v) is 8.81. The molecule has 12 rings (SSSR count). The zero-order valence-electron chi connectivity index (χ0n) is 61.5. The lowest BCUT2D eigenvalue weighted by molar-refractivity contribution is 0.469. The Labute approximate surface area is 562 Å². The van der Waals surface area contributed by atoms with Gasteiger partial charge in [0.2, 0.25) is 0 Å². The van der Waals surface area contributed by atoms with Gasteiger partial charge in [-0.1, -0.05) is 398 Å². The first kappa shape index (κ1) is 81.7. The molecule has 2 heteroatoms. The zero-order valence-corrected chi connectivity index (χ0v) is 63.2. The van der Waals surface area contributed by atoms with E-state index < -0.39 is 0 Å². The summed E-state index contributed by atoms with van der Waals surface area (Å²) in [7, 11) is 0. The minimum absolute atomic E-state index is 0.281. The van der Waals surface area contributed by atoms with Gasteiger partial charge in [-0.3, -0.25) is 0 Å². The molecule has 0 nitrogen and oxygen atoms in total. The summed E-state index contributed by atoms with van der Waals surface area (Å²) >= 11 is 3.62. The van der Waals surface area contributed by atoms with E-state index in [0.717, 1.165) is 19.3 Å². The second-order valence-corrected chi connectivity index (χ2v) is 35.0. The maximum Gasteiger partial charge on any atom is 0.0345 e. The summed E-state index contributed by atoms with van der Waals surface area (Å²) in [5.41, 5.74) is 13.0. The summed E-state index contributed by atoms with van der Waals surface area (Å²) in [6, 6.07) is 67.7. The van der Waals surface area contributed by atoms with Crippen LogP contribution in [0.3, 0.4) is 0 Å². The summed E-state index contributed by atoms with van der Waals surface area (Å²) in [5.74, 6) is 0. The van der Waals surface area contributed by atoms with Crippen LogP contribution in [0.5, 0.6) is 0 Å². The molecule has 0 unspecified atom stereocenters. The standard InChI is InChI=1S/C12H14S.C10H8.C10H14.3C9H8.5C5H12.C4H4S/c1-12(2,3)11-8-9-6-4-5-7-10(9)13-11;1-2-6-10-8-4-3-7-9(10)5-1;1-10(2,3)9-7-5-4-6-8-9;3*1-2-5-9-7-3-6-8(9)4-1;5*1-5(2,3)4;1-2-4-5-3-1/h4-8H,1-3H3;1-8H;4-8H,1-3H3;3*1-6H,7H2;5*1-4H3;1-4H. The number of rotatable bonds is 0.